The first-order valence-corrected chi connectivity index (χ1v) is 12.2. The standard InChI is InChI=1S/C26H26O4.3C2H6/c1-7-13-16-21(11-5)26(28)29-22(12-6)24-19(9-3)17-14-18-23(24)30-25(27)20(10-4)15-8-2;3*1-2/h7-18H,2-5H2,1,6H3;3*1-2H3/b13-7-,20-15+,21-16+,22-12+;;;. The number of carbonyl (C=O) groups excluding carboxylic acids is 2. The maximum atomic E-state index is 12.6. The normalized spacial score (nSPS) is 10.7. The number of benzene rings is 1. The van der Waals surface area contributed by atoms with Crippen LogP contribution in [0.15, 0.2) is 104 Å². The molecule has 4 nitrogen and oxygen atoms in total. The largest absolute Gasteiger partial charge is 0.422 e. The van der Waals surface area contributed by atoms with E-state index in [0.717, 1.165) is 0 Å². The zero-order valence-electron chi connectivity index (χ0n) is 23.4. The maximum Gasteiger partial charge on any atom is 0.343 e. The summed E-state index contributed by atoms with van der Waals surface area (Å²) in [6, 6.07) is 5.09. The third-order valence-corrected chi connectivity index (χ3v) is 3.87. The first-order valence-electron chi connectivity index (χ1n) is 12.2. The Kier molecular flexibility index (Phi) is 24.6. The maximum absolute atomic E-state index is 12.6. The third-order valence-electron chi connectivity index (χ3n) is 3.87. The molecule has 0 unspecified atom stereocenters. The smallest absolute Gasteiger partial charge is 0.343 e. The van der Waals surface area contributed by atoms with Gasteiger partial charge in [0.15, 0.2) is 0 Å². The number of rotatable bonds is 10. The van der Waals surface area contributed by atoms with Crippen molar-refractivity contribution in [3.8, 4) is 5.75 Å². The third kappa shape index (κ3) is 12.5. The summed E-state index contributed by atoms with van der Waals surface area (Å²) >= 11 is 0. The van der Waals surface area contributed by atoms with Crippen LogP contribution in [0.2, 0.25) is 0 Å². The van der Waals surface area contributed by atoms with Crippen molar-refractivity contribution in [2.24, 2.45) is 0 Å². The fraction of sp³-hybridized carbons (Fsp3) is 0.250. The molecule has 0 aliphatic rings. The van der Waals surface area contributed by atoms with Crippen molar-refractivity contribution < 1.29 is 19.1 Å². The van der Waals surface area contributed by atoms with Gasteiger partial charge in [0, 0.05) is 0 Å². The predicted octanol–water partition coefficient (Wildman–Crippen LogP) is 9.20. The van der Waals surface area contributed by atoms with Crippen LogP contribution >= 0.6 is 0 Å². The molecule has 1 rings (SSSR count). The number of hydrogen-bond donors (Lipinski definition) is 0. The highest BCUT2D eigenvalue weighted by Gasteiger charge is 2.20. The molecule has 0 atom stereocenters. The molecule has 0 N–H and O–H groups in total. The quantitative estimate of drug-likeness (QED) is 0.107. The highest BCUT2D eigenvalue weighted by molar-refractivity contribution is 5.97. The number of allylic oxidation sites excluding steroid dienone is 6. The van der Waals surface area contributed by atoms with Gasteiger partial charge in [0.1, 0.15) is 11.5 Å². The molecule has 1 aromatic rings. The van der Waals surface area contributed by atoms with E-state index in [-0.39, 0.29) is 22.7 Å². The predicted molar refractivity (Wildman–Crippen MR) is 158 cm³/mol. The van der Waals surface area contributed by atoms with Gasteiger partial charge in [-0.15, -0.1) is 0 Å². The monoisotopic (exact) mass is 492 g/mol. The Bertz CT molecular complexity index is 970. The molecular weight excluding hydrogens is 448 g/mol. The first-order chi connectivity index (χ1) is 17.5. The molecule has 36 heavy (non-hydrogen) atoms. The molecule has 0 heterocycles. The molecule has 0 aliphatic heterocycles. The van der Waals surface area contributed by atoms with E-state index in [1.54, 1.807) is 55.5 Å². The van der Waals surface area contributed by atoms with E-state index in [9.17, 15) is 9.59 Å². The molecule has 4 heteroatoms. The van der Waals surface area contributed by atoms with Crippen molar-refractivity contribution in [1.29, 1.82) is 0 Å². The Morgan fingerprint density at radius 2 is 1.36 bits per heavy atom. The molecule has 0 saturated heterocycles. The summed E-state index contributed by atoms with van der Waals surface area (Å²) in [5, 5.41) is 0. The topological polar surface area (TPSA) is 52.6 Å². The summed E-state index contributed by atoms with van der Waals surface area (Å²) in [6.07, 6.45) is 14.0. The van der Waals surface area contributed by atoms with Crippen molar-refractivity contribution in [3.05, 3.63) is 115 Å². The summed E-state index contributed by atoms with van der Waals surface area (Å²) in [4.78, 5) is 25.1. The second-order valence-corrected chi connectivity index (χ2v) is 5.77. The molecule has 0 fully saturated rings. The summed E-state index contributed by atoms with van der Waals surface area (Å²) < 4.78 is 11.2. The van der Waals surface area contributed by atoms with Crippen LogP contribution in [0.25, 0.3) is 11.8 Å². The number of esters is 2. The van der Waals surface area contributed by atoms with Crippen LogP contribution in [0.3, 0.4) is 0 Å². The van der Waals surface area contributed by atoms with Gasteiger partial charge in [-0.3, -0.25) is 0 Å². The van der Waals surface area contributed by atoms with E-state index in [0.29, 0.717) is 11.1 Å². The number of ether oxygens (including phenoxy) is 2. The van der Waals surface area contributed by atoms with Gasteiger partial charge in [0.25, 0.3) is 0 Å². The minimum atomic E-state index is -0.617. The van der Waals surface area contributed by atoms with Crippen LogP contribution in [0.4, 0.5) is 0 Å². The molecule has 0 bridgehead atoms. The van der Waals surface area contributed by atoms with Gasteiger partial charge in [0.05, 0.1) is 16.7 Å². The Morgan fingerprint density at radius 3 is 1.81 bits per heavy atom. The van der Waals surface area contributed by atoms with E-state index in [1.807, 2.05) is 48.5 Å². The molecule has 196 valence electrons. The SMILES string of the molecule is C=C/C=C(\C=C)C(=O)Oc1cccc(C=C)c1/C(=C\C)OC(=O)/C(C=C)=C/C=C\C.CC.CC.CC. The lowest BCUT2D eigenvalue weighted by atomic mass is 10.0. The van der Waals surface area contributed by atoms with Crippen LogP contribution in [0.1, 0.15) is 66.5 Å². The lowest BCUT2D eigenvalue weighted by molar-refractivity contribution is -0.132. The van der Waals surface area contributed by atoms with Crippen molar-refractivity contribution in [1.82, 2.24) is 0 Å². The van der Waals surface area contributed by atoms with E-state index in [1.165, 1.54) is 24.3 Å². The highest BCUT2D eigenvalue weighted by Crippen LogP contribution is 2.32. The summed E-state index contributed by atoms with van der Waals surface area (Å²) in [6.45, 7) is 30.2. The molecule has 0 aromatic heterocycles. The number of carbonyl (C=O) groups is 2. The molecule has 1 aromatic carbocycles. The van der Waals surface area contributed by atoms with E-state index >= 15 is 0 Å². The summed E-state index contributed by atoms with van der Waals surface area (Å²) in [7, 11) is 0. The molecule has 0 amide bonds. The first kappa shape index (κ1) is 36.6. The summed E-state index contributed by atoms with van der Waals surface area (Å²) in [5.74, 6) is -0.772. The average molecular weight is 493 g/mol. The summed E-state index contributed by atoms with van der Waals surface area (Å²) in [5.41, 5.74) is 1.58. The van der Waals surface area contributed by atoms with E-state index < -0.39 is 11.9 Å². The average Bonchev–Trinajstić information content (AvgIpc) is 2.94. The van der Waals surface area contributed by atoms with Gasteiger partial charge in [-0.1, -0.05) is 116 Å². The van der Waals surface area contributed by atoms with Crippen LogP contribution in [0, 0.1) is 0 Å². The van der Waals surface area contributed by atoms with Gasteiger partial charge >= 0.3 is 11.9 Å². The van der Waals surface area contributed by atoms with Crippen molar-refractivity contribution in [2.45, 2.75) is 55.4 Å². The van der Waals surface area contributed by atoms with Crippen molar-refractivity contribution >= 4 is 23.8 Å². The van der Waals surface area contributed by atoms with Crippen LogP contribution < -0.4 is 4.74 Å². The van der Waals surface area contributed by atoms with Crippen molar-refractivity contribution in [2.75, 3.05) is 0 Å². The fourth-order valence-electron chi connectivity index (χ4n) is 2.40. The molecule has 0 spiro atoms. The number of hydrogen-bond acceptors (Lipinski definition) is 4. The zero-order chi connectivity index (χ0) is 28.5. The molecular formula is C32H44O4. The lowest BCUT2D eigenvalue weighted by Gasteiger charge is -2.16. The Labute approximate surface area is 219 Å². The van der Waals surface area contributed by atoms with Gasteiger partial charge in [-0.25, -0.2) is 9.59 Å². The molecule has 0 aliphatic carbocycles. The van der Waals surface area contributed by atoms with Crippen LogP contribution in [-0.4, -0.2) is 11.9 Å². The van der Waals surface area contributed by atoms with Crippen LogP contribution in [0.5, 0.6) is 5.75 Å². The fourth-order valence-corrected chi connectivity index (χ4v) is 2.40. The van der Waals surface area contributed by atoms with Gasteiger partial charge in [-0.05, 0) is 43.7 Å². The Morgan fingerprint density at radius 1 is 0.806 bits per heavy atom. The minimum absolute atomic E-state index is 0.215. The Hall–Kier alpha value is -3.92. The second kappa shape index (κ2) is 24.2. The van der Waals surface area contributed by atoms with Crippen molar-refractivity contribution in [3.63, 3.8) is 0 Å². The Balaban J connectivity index is -0.00000168. The zero-order valence-corrected chi connectivity index (χ0v) is 23.4. The van der Waals surface area contributed by atoms with E-state index in [2.05, 4.69) is 26.3 Å². The van der Waals surface area contributed by atoms with Gasteiger partial charge in [0.2, 0.25) is 0 Å². The van der Waals surface area contributed by atoms with E-state index in [4.69, 9.17) is 9.47 Å². The second-order valence-electron chi connectivity index (χ2n) is 5.77. The molecule has 0 radical (unpaired) electrons. The van der Waals surface area contributed by atoms with Gasteiger partial charge < -0.3 is 9.47 Å². The molecule has 0 saturated carbocycles. The lowest BCUT2D eigenvalue weighted by Crippen LogP contribution is -2.13. The highest BCUT2D eigenvalue weighted by atomic mass is 16.5. The minimum Gasteiger partial charge on any atom is -0.422 e. The van der Waals surface area contributed by atoms with Crippen LogP contribution in [-0.2, 0) is 14.3 Å². The van der Waals surface area contributed by atoms with Gasteiger partial charge in [-0.2, -0.15) is 0 Å².